The predicted molar refractivity (Wildman–Crippen MR) is 166 cm³/mol. The van der Waals surface area contributed by atoms with Crippen molar-refractivity contribution in [2.24, 2.45) is 0 Å². The second kappa shape index (κ2) is 13.7. The van der Waals surface area contributed by atoms with Crippen LogP contribution in [0.3, 0.4) is 0 Å². The highest BCUT2D eigenvalue weighted by Gasteiger charge is 2.19. The van der Waals surface area contributed by atoms with Gasteiger partial charge in [-0.15, -0.1) is 11.3 Å². The molecular weight excluding hydrogens is 558 g/mol. The number of fused-ring (bicyclic) bond motifs is 1. The second-order valence-corrected chi connectivity index (χ2v) is 12.0. The topological polar surface area (TPSA) is 110 Å². The number of phenols is 1. The maximum absolute atomic E-state index is 13.2. The van der Waals surface area contributed by atoms with Crippen LogP contribution in [0.15, 0.2) is 58.9 Å². The molecule has 0 fully saturated rings. The number of phenolic OH excluding ortho intramolecular Hbond substituents is 1. The molecule has 0 saturated heterocycles. The van der Waals surface area contributed by atoms with Crippen LogP contribution in [-0.4, -0.2) is 40.9 Å². The third-order valence-electron chi connectivity index (χ3n) is 6.53. The summed E-state index contributed by atoms with van der Waals surface area (Å²) < 4.78 is 13.3. The Morgan fingerprint density at radius 1 is 1.12 bits per heavy atom. The molecule has 2 amide bonds. The van der Waals surface area contributed by atoms with E-state index in [0.29, 0.717) is 22.7 Å². The molecule has 1 aromatic heterocycles. The summed E-state index contributed by atoms with van der Waals surface area (Å²) in [6.45, 7) is 7.91. The number of carbonyl (C=O) groups is 2. The molecule has 1 heterocycles. The average molecular weight is 594 g/mol. The molecule has 3 aromatic carbocycles. The van der Waals surface area contributed by atoms with Crippen molar-refractivity contribution in [3.63, 3.8) is 0 Å². The molecule has 0 aliphatic heterocycles. The summed E-state index contributed by atoms with van der Waals surface area (Å²) in [5.41, 5.74) is 3.46. The van der Waals surface area contributed by atoms with E-state index >= 15 is 0 Å². The Hall–Kier alpha value is -3.76. The molecule has 0 radical (unpaired) electrons. The lowest BCUT2D eigenvalue weighted by atomic mass is 10.1. The van der Waals surface area contributed by atoms with Gasteiger partial charge in [0.15, 0.2) is 4.34 Å². The Labute approximate surface area is 248 Å². The lowest BCUT2D eigenvalue weighted by molar-refractivity contribution is -0.119. The number of nitrogens with zero attached hydrogens (tertiary/aromatic N) is 1. The van der Waals surface area contributed by atoms with Gasteiger partial charge in [0.25, 0.3) is 5.91 Å². The normalized spacial score (nSPS) is 12.5. The number of aromatic hydroxyl groups is 1. The van der Waals surface area contributed by atoms with Crippen molar-refractivity contribution < 1.29 is 24.2 Å². The van der Waals surface area contributed by atoms with Crippen LogP contribution in [-0.2, 0) is 4.79 Å². The molecule has 8 nitrogen and oxygen atoms in total. The summed E-state index contributed by atoms with van der Waals surface area (Å²) in [5.74, 6) is 1.16. The number of thiazole rings is 1. The number of hydrogen-bond acceptors (Lipinski definition) is 8. The molecule has 4 aromatic rings. The fourth-order valence-electron chi connectivity index (χ4n) is 4.45. The molecule has 216 valence electrons. The number of carbonyl (C=O) groups excluding carboxylic acids is 2. The third kappa shape index (κ3) is 7.71. The van der Waals surface area contributed by atoms with E-state index in [1.807, 2.05) is 45.0 Å². The van der Waals surface area contributed by atoms with E-state index in [9.17, 15) is 14.7 Å². The number of aromatic nitrogens is 1. The van der Waals surface area contributed by atoms with Gasteiger partial charge in [-0.05, 0) is 75.2 Å². The van der Waals surface area contributed by atoms with Crippen LogP contribution in [0.5, 0.6) is 17.2 Å². The van der Waals surface area contributed by atoms with Crippen molar-refractivity contribution in [1.82, 2.24) is 10.3 Å². The largest absolute Gasteiger partial charge is 0.508 e. The zero-order valence-electron chi connectivity index (χ0n) is 23.8. The van der Waals surface area contributed by atoms with Crippen LogP contribution in [0.4, 0.5) is 5.69 Å². The van der Waals surface area contributed by atoms with Gasteiger partial charge in [-0.2, -0.15) is 0 Å². The summed E-state index contributed by atoms with van der Waals surface area (Å²) in [4.78, 5) is 30.3. The first-order valence-corrected chi connectivity index (χ1v) is 15.3. The lowest BCUT2D eigenvalue weighted by Crippen LogP contribution is -2.28. The smallest absolute Gasteiger partial charge is 0.259 e. The molecule has 0 saturated carbocycles. The number of ether oxygens (including phenoxy) is 2. The Morgan fingerprint density at radius 2 is 1.93 bits per heavy atom. The fourth-order valence-corrected chi connectivity index (χ4v) is 6.37. The van der Waals surface area contributed by atoms with E-state index < -0.39 is 0 Å². The number of thioether (sulfide) groups is 1. The minimum Gasteiger partial charge on any atom is -0.508 e. The van der Waals surface area contributed by atoms with E-state index in [-0.39, 0.29) is 35.5 Å². The van der Waals surface area contributed by atoms with Crippen LogP contribution in [0.2, 0.25) is 0 Å². The number of nitrogens with one attached hydrogen (secondary N) is 2. The van der Waals surface area contributed by atoms with Crippen LogP contribution < -0.4 is 20.1 Å². The lowest BCUT2D eigenvalue weighted by Gasteiger charge is -2.19. The minimum atomic E-state index is -0.283. The molecule has 41 heavy (non-hydrogen) atoms. The number of methoxy groups -OCH3 is 1. The first kappa shape index (κ1) is 30.2. The highest BCUT2D eigenvalue weighted by atomic mass is 32.2. The molecule has 10 heteroatoms. The Bertz CT molecular complexity index is 1540. The summed E-state index contributed by atoms with van der Waals surface area (Å²) in [6, 6.07) is 15.7. The molecular formula is C31H35N3O5S2. The predicted octanol–water partition coefficient (Wildman–Crippen LogP) is 7.11. The highest BCUT2D eigenvalue weighted by Crippen LogP contribution is 2.34. The first-order valence-electron chi connectivity index (χ1n) is 13.5. The van der Waals surface area contributed by atoms with Gasteiger partial charge in [0.1, 0.15) is 17.2 Å². The standard InChI is InChI=1S/C31H35N3O5S2/c1-6-8-18(2)39-26-14-12-24(29(38-5)19(26)3)30(37)33-22-11-13-25-27(16-22)41-31(34-25)40-17-28(36)32-20(4)21-9-7-10-23(35)15-21/h7,9-16,18,20,35H,6,8,17H2,1-5H3,(H,32,36)(H,33,37)/t18?,20-/m0/s1. The van der Waals surface area contributed by atoms with Gasteiger partial charge < -0.3 is 25.2 Å². The molecule has 2 atom stereocenters. The SMILES string of the molecule is CCCC(C)Oc1ccc(C(=O)Nc2ccc3nc(SCC(=O)N[C@@H](C)c4cccc(O)c4)sc3c2)c(OC)c1C. The quantitative estimate of drug-likeness (QED) is 0.150. The maximum atomic E-state index is 13.2. The number of amides is 2. The molecule has 0 spiro atoms. The molecule has 0 aliphatic rings. The van der Waals surface area contributed by atoms with Crippen molar-refractivity contribution in [3.05, 3.63) is 71.3 Å². The van der Waals surface area contributed by atoms with Crippen molar-refractivity contribution in [3.8, 4) is 17.2 Å². The van der Waals surface area contributed by atoms with Gasteiger partial charge in [-0.1, -0.05) is 37.2 Å². The Kier molecular flexibility index (Phi) is 10.1. The van der Waals surface area contributed by atoms with Gasteiger partial charge in [-0.3, -0.25) is 9.59 Å². The van der Waals surface area contributed by atoms with Crippen molar-refractivity contribution in [2.45, 2.75) is 57.0 Å². The van der Waals surface area contributed by atoms with Crippen LogP contribution in [0, 0.1) is 6.92 Å². The van der Waals surface area contributed by atoms with Crippen molar-refractivity contribution >= 4 is 50.8 Å². The second-order valence-electron chi connectivity index (χ2n) is 9.78. The number of benzene rings is 3. The van der Waals surface area contributed by atoms with Crippen LogP contribution in [0.1, 0.15) is 61.1 Å². The number of rotatable bonds is 12. The third-order valence-corrected chi connectivity index (χ3v) is 8.69. The van der Waals surface area contributed by atoms with Crippen LogP contribution in [0.25, 0.3) is 10.2 Å². The Balaban J connectivity index is 1.39. The zero-order valence-corrected chi connectivity index (χ0v) is 25.4. The minimum absolute atomic E-state index is 0.0694. The Morgan fingerprint density at radius 3 is 2.66 bits per heavy atom. The van der Waals surface area contributed by atoms with Crippen LogP contribution >= 0.6 is 23.1 Å². The maximum Gasteiger partial charge on any atom is 0.259 e. The fraction of sp³-hybridized carbons (Fsp3) is 0.323. The average Bonchev–Trinajstić information content (AvgIpc) is 3.35. The van der Waals surface area contributed by atoms with Gasteiger partial charge >= 0.3 is 0 Å². The highest BCUT2D eigenvalue weighted by molar-refractivity contribution is 8.01. The van der Waals surface area contributed by atoms with Gasteiger partial charge in [0.05, 0.1) is 40.8 Å². The van der Waals surface area contributed by atoms with Crippen molar-refractivity contribution in [2.75, 3.05) is 18.2 Å². The van der Waals surface area contributed by atoms with Gasteiger partial charge in [0.2, 0.25) is 5.91 Å². The van der Waals surface area contributed by atoms with E-state index in [4.69, 9.17) is 9.47 Å². The summed E-state index contributed by atoms with van der Waals surface area (Å²) in [6.07, 6.45) is 2.04. The first-order chi connectivity index (χ1) is 19.7. The monoisotopic (exact) mass is 593 g/mol. The van der Waals surface area contributed by atoms with E-state index in [2.05, 4.69) is 22.5 Å². The number of hydrogen-bond donors (Lipinski definition) is 3. The van der Waals surface area contributed by atoms with Crippen molar-refractivity contribution in [1.29, 1.82) is 0 Å². The molecule has 1 unspecified atom stereocenters. The van der Waals surface area contributed by atoms with E-state index in [0.717, 1.165) is 38.5 Å². The zero-order chi connectivity index (χ0) is 29.5. The van der Waals surface area contributed by atoms with E-state index in [1.165, 1.54) is 23.1 Å². The van der Waals surface area contributed by atoms with Gasteiger partial charge in [-0.25, -0.2) is 4.98 Å². The summed E-state index contributed by atoms with van der Waals surface area (Å²) in [7, 11) is 1.55. The molecule has 3 N–H and O–H groups in total. The molecule has 0 aliphatic carbocycles. The van der Waals surface area contributed by atoms with E-state index in [1.54, 1.807) is 37.4 Å². The molecule has 0 bridgehead atoms. The summed E-state index contributed by atoms with van der Waals surface area (Å²) >= 11 is 2.82. The molecule has 4 rings (SSSR count). The summed E-state index contributed by atoms with van der Waals surface area (Å²) in [5, 5.41) is 15.6. The van der Waals surface area contributed by atoms with Gasteiger partial charge in [0, 0.05) is 11.3 Å². The number of anilines is 1.